The average Bonchev–Trinajstić information content (AvgIpc) is 3.16. The van der Waals surface area contributed by atoms with Gasteiger partial charge in [-0.05, 0) is 18.2 Å². The first-order chi connectivity index (χ1) is 15.6. The van der Waals surface area contributed by atoms with Crippen LogP contribution in [0.15, 0.2) is 24.4 Å². The maximum Gasteiger partial charge on any atom is 0.259 e. The topological polar surface area (TPSA) is 120 Å². The van der Waals surface area contributed by atoms with E-state index in [9.17, 15) is 9.59 Å². The number of benzene rings is 1. The molecule has 33 heavy (non-hydrogen) atoms. The van der Waals surface area contributed by atoms with Crippen molar-refractivity contribution < 1.29 is 19.1 Å². The normalized spacial score (nSPS) is 11.5. The Morgan fingerprint density at radius 1 is 1.15 bits per heavy atom. The molecule has 2 amide bonds. The van der Waals surface area contributed by atoms with E-state index in [2.05, 4.69) is 45.6 Å². The molecule has 176 valence electrons. The van der Waals surface area contributed by atoms with Crippen molar-refractivity contribution in [3.05, 3.63) is 40.7 Å². The number of pyridine rings is 1. The Bertz CT molecular complexity index is 1180. The minimum Gasteiger partial charge on any atom is -0.496 e. The number of ether oxygens (including phenoxy) is 2. The molecular formula is C21H27ClN6O4Si. The van der Waals surface area contributed by atoms with Crippen LogP contribution in [-0.4, -0.2) is 60.6 Å². The Labute approximate surface area is 197 Å². The first-order valence-corrected chi connectivity index (χ1v) is 14.4. The van der Waals surface area contributed by atoms with Crippen LogP contribution in [0.3, 0.4) is 0 Å². The summed E-state index contributed by atoms with van der Waals surface area (Å²) >= 11 is 5.98. The molecule has 2 heterocycles. The predicted octanol–water partition coefficient (Wildman–Crippen LogP) is 3.41. The van der Waals surface area contributed by atoms with Gasteiger partial charge < -0.3 is 20.1 Å². The monoisotopic (exact) mass is 490 g/mol. The smallest absolute Gasteiger partial charge is 0.259 e. The molecule has 0 aliphatic heterocycles. The lowest BCUT2D eigenvalue weighted by molar-refractivity contribution is 0.0802. The van der Waals surface area contributed by atoms with Gasteiger partial charge in [-0.25, -0.2) is 9.67 Å². The molecule has 0 spiro atoms. The van der Waals surface area contributed by atoms with Crippen LogP contribution >= 0.6 is 11.6 Å². The van der Waals surface area contributed by atoms with Crippen molar-refractivity contribution in [3.63, 3.8) is 0 Å². The van der Waals surface area contributed by atoms with Gasteiger partial charge in [0.15, 0.2) is 0 Å². The summed E-state index contributed by atoms with van der Waals surface area (Å²) in [6.45, 7) is 7.69. The molecule has 1 aromatic carbocycles. The molecular weight excluding hydrogens is 464 g/mol. The highest BCUT2D eigenvalue weighted by atomic mass is 35.5. The third kappa shape index (κ3) is 6.06. The van der Waals surface area contributed by atoms with Crippen LogP contribution in [-0.2, 0) is 11.5 Å². The second-order valence-corrected chi connectivity index (χ2v) is 14.6. The van der Waals surface area contributed by atoms with E-state index in [0.29, 0.717) is 23.4 Å². The number of fused-ring (bicyclic) bond motifs is 1. The van der Waals surface area contributed by atoms with Gasteiger partial charge >= 0.3 is 0 Å². The fourth-order valence-electron chi connectivity index (χ4n) is 3.00. The zero-order chi connectivity index (χ0) is 24.2. The van der Waals surface area contributed by atoms with Crippen molar-refractivity contribution in [1.82, 2.24) is 25.3 Å². The molecule has 0 aliphatic rings. The number of hydrogen-bond acceptors (Lipinski definition) is 7. The van der Waals surface area contributed by atoms with Crippen molar-refractivity contribution >= 4 is 48.2 Å². The van der Waals surface area contributed by atoms with Crippen LogP contribution in [0, 0.1) is 0 Å². The van der Waals surface area contributed by atoms with Gasteiger partial charge in [-0.2, -0.15) is 0 Å². The maximum atomic E-state index is 13.2. The number of carbonyl (C=O) groups is 2. The van der Waals surface area contributed by atoms with E-state index < -0.39 is 19.9 Å². The Morgan fingerprint density at radius 2 is 1.91 bits per heavy atom. The van der Waals surface area contributed by atoms with Crippen LogP contribution in [0.1, 0.15) is 20.7 Å². The van der Waals surface area contributed by atoms with Crippen molar-refractivity contribution in [2.24, 2.45) is 0 Å². The molecule has 0 aliphatic carbocycles. The zero-order valence-electron chi connectivity index (χ0n) is 19.2. The number of hydrogen-bond donors (Lipinski definition) is 2. The summed E-state index contributed by atoms with van der Waals surface area (Å²) in [5, 5.41) is 13.7. The number of methoxy groups -OCH3 is 1. The number of amides is 2. The lowest BCUT2D eigenvalue weighted by Crippen LogP contribution is -2.22. The first kappa shape index (κ1) is 24.6. The average molecular weight is 491 g/mol. The summed E-state index contributed by atoms with van der Waals surface area (Å²) in [5.74, 6) is -0.587. The molecule has 2 N–H and O–H groups in total. The van der Waals surface area contributed by atoms with Gasteiger partial charge in [0.1, 0.15) is 23.2 Å². The summed E-state index contributed by atoms with van der Waals surface area (Å²) in [5.41, 5.74) is 1.83. The van der Waals surface area contributed by atoms with Crippen LogP contribution in [0.25, 0.3) is 11.0 Å². The third-order valence-electron chi connectivity index (χ3n) is 4.88. The van der Waals surface area contributed by atoms with Gasteiger partial charge in [0.2, 0.25) is 0 Å². The van der Waals surface area contributed by atoms with Gasteiger partial charge in [-0.3, -0.25) is 9.59 Å². The lowest BCUT2D eigenvalue weighted by atomic mass is 10.1. The fourth-order valence-corrected chi connectivity index (χ4v) is 3.92. The highest BCUT2D eigenvalue weighted by Gasteiger charge is 2.20. The number of nitrogens with one attached hydrogen (secondary N) is 2. The molecule has 2 aromatic heterocycles. The molecule has 3 aromatic rings. The van der Waals surface area contributed by atoms with Crippen LogP contribution < -0.4 is 15.4 Å². The molecule has 12 heteroatoms. The quantitative estimate of drug-likeness (QED) is 0.268. The van der Waals surface area contributed by atoms with Crippen molar-refractivity contribution in [3.8, 4) is 5.75 Å². The number of carbonyl (C=O) groups excluding carboxylic acids is 2. The van der Waals surface area contributed by atoms with Gasteiger partial charge in [-0.15, -0.1) is 5.10 Å². The van der Waals surface area contributed by atoms with Crippen LogP contribution in [0.5, 0.6) is 5.75 Å². The summed E-state index contributed by atoms with van der Waals surface area (Å²) in [4.78, 5) is 29.2. The van der Waals surface area contributed by atoms with Gasteiger partial charge in [-0.1, -0.05) is 36.5 Å². The largest absolute Gasteiger partial charge is 0.496 e. The van der Waals surface area contributed by atoms with Gasteiger partial charge in [0.05, 0.1) is 29.4 Å². The van der Waals surface area contributed by atoms with Gasteiger partial charge in [0, 0.05) is 34.0 Å². The Morgan fingerprint density at radius 3 is 2.58 bits per heavy atom. The number of nitrogens with zero attached hydrogens (tertiary/aromatic N) is 4. The van der Waals surface area contributed by atoms with E-state index in [0.717, 1.165) is 6.04 Å². The van der Waals surface area contributed by atoms with E-state index >= 15 is 0 Å². The number of aromatic nitrogens is 4. The molecule has 0 unspecified atom stereocenters. The highest BCUT2D eigenvalue weighted by Crippen LogP contribution is 2.27. The second-order valence-electron chi connectivity index (χ2n) is 8.56. The molecule has 0 bridgehead atoms. The molecule has 0 saturated carbocycles. The van der Waals surface area contributed by atoms with Crippen molar-refractivity contribution in [2.75, 3.05) is 26.1 Å². The van der Waals surface area contributed by atoms with E-state index in [1.807, 2.05) is 0 Å². The number of anilines is 1. The number of rotatable bonds is 9. The maximum absolute atomic E-state index is 13.2. The highest BCUT2D eigenvalue weighted by molar-refractivity contribution is 6.76. The Balaban J connectivity index is 1.88. The minimum absolute atomic E-state index is 0.137. The summed E-state index contributed by atoms with van der Waals surface area (Å²) in [6, 6.07) is 5.71. The van der Waals surface area contributed by atoms with Crippen molar-refractivity contribution in [2.45, 2.75) is 32.4 Å². The summed E-state index contributed by atoms with van der Waals surface area (Å²) in [7, 11) is 1.74. The van der Waals surface area contributed by atoms with Crippen LogP contribution in [0.2, 0.25) is 30.8 Å². The van der Waals surface area contributed by atoms with Crippen LogP contribution in [0.4, 0.5) is 5.69 Å². The summed E-state index contributed by atoms with van der Waals surface area (Å²) in [6.07, 6.45) is 1.30. The number of halogens is 1. The van der Waals surface area contributed by atoms with E-state index in [-0.39, 0.29) is 28.7 Å². The predicted molar refractivity (Wildman–Crippen MR) is 129 cm³/mol. The SMILES string of the molecule is CNC(=O)c1cnc(Cl)cc1NC(=O)c1cc2c(cc1OC)nnn2COCC[Si](C)(C)C. The zero-order valence-corrected chi connectivity index (χ0v) is 21.0. The second kappa shape index (κ2) is 10.3. The molecule has 0 fully saturated rings. The van der Waals surface area contributed by atoms with Gasteiger partial charge in [0.25, 0.3) is 11.8 Å². The summed E-state index contributed by atoms with van der Waals surface area (Å²) < 4.78 is 12.8. The van der Waals surface area contributed by atoms with E-state index in [1.165, 1.54) is 26.4 Å². The lowest BCUT2D eigenvalue weighted by Gasteiger charge is -2.15. The standard InChI is InChI=1S/C21H27ClN6O4Si/c1-23-20(29)14-11-24-19(22)10-15(14)25-21(30)13-8-17-16(9-18(13)31-2)26-27-28(17)12-32-6-7-33(3,4)5/h8-11H,6-7,12H2,1-5H3,(H,23,29)(H,24,25,30). The first-order valence-electron chi connectivity index (χ1n) is 10.3. The Kier molecular flexibility index (Phi) is 7.67. The molecule has 3 rings (SSSR count). The van der Waals surface area contributed by atoms with E-state index in [1.54, 1.807) is 16.8 Å². The van der Waals surface area contributed by atoms with E-state index in [4.69, 9.17) is 21.1 Å². The molecule has 0 saturated heterocycles. The Hall–Kier alpha value is -3.02. The fraction of sp³-hybridized carbons (Fsp3) is 0.381. The van der Waals surface area contributed by atoms with Crippen molar-refractivity contribution in [1.29, 1.82) is 0 Å². The minimum atomic E-state index is -1.21. The third-order valence-corrected chi connectivity index (χ3v) is 6.79. The molecule has 10 nitrogen and oxygen atoms in total. The molecule has 0 atom stereocenters. The molecule has 0 radical (unpaired) electrons.